The van der Waals surface area contributed by atoms with Crippen LogP contribution < -0.4 is 5.32 Å². The zero-order valence-electron chi connectivity index (χ0n) is 17.5. The van der Waals surface area contributed by atoms with E-state index >= 15 is 0 Å². The molecule has 5 heteroatoms. The number of esters is 2. The van der Waals surface area contributed by atoms with E-state index in [9.17, 15) is 9.59 Å². The van der Waals surface area contributed by atoms with Crippen LogP contribution in [0.1, 0.15) is 46.1 Å². The minimum Gasteiger partial charge on any atom is -0.463 e. The van der Waals surface area contributed by atoms with Gasteiger partial charge in [0.2, 0.25) is 0 Å². The van der Waals surface area contributed by atoms with Crippen LogP contribution in [0.15, 0.2) is 65.0 Å². The van der Waals surface area contributed by atoms with Crippen LogP contribution in [0.2, 0.25) is 0 Å². The first-order valence-corrected chi connectivity index (χ1v) is 9.89. The molecule has 1 aliphatic heterocycles. The van der Waals surface area contributed by atoms with Gasteiger partial charge in [0.05, 0.1) is 29.8 Å². The Labute approximate surface area is 171 Å². The smallest absolute Gasteiger partial charge is 0.337 e. The van der Waals surface area contributed by atoms with Gasteiger partial charge in [0.25, 0.3) is 0 Å². The number of carbonyl (C=O) groups is 2. The maximum atomic E-state index is 13.1. The van der Waals surface area contributed by atoms with Gasteiger partial charge in [0.1, 0.15) is 0 Å². The molecule has 0 aromatic heterocycles. The van der Waals surface area contributed by atoms with Crippen LogP contribution in [-0.2, 0) is 19.1 Å². The normalized spacial score (nSPS) is 16.8. The summed E-state index contributed by atoms with van der Waals surface area (Å²) < 4.78 is 10.9. The lowest BCUT2D eigenvalue weighted by Crippen LogP contribution is -2.33. The highest BCUT2D eigenvalue weighted by atomic mass is 16.5. The summed E-state index contributed by atoms with van der Waals surface area (Å²) in [7, 11) is 0. The van der Waals surface area contributed by atoms with Gasteiger partial charge >= 0.3 is 11.9 Å². The zero-order valence-corrected chi connectivity index (χ0v) is 17.5. The van der Waals surface area contributed by atoms with Crippen LogP contribution >= 0.6 is 0 Å². The van der Waals surface area contributed by atoms with E-state index in [2.05, 4.69) is 5.32 Å². The molecular weight excluding hydrogens is 366 g/mol. The predicted molar refractivity (Wildman–Crippen MR) is 113 cm³/mol. The van der Waals surface area contributed by atoms with Gasteiger partial charge in [0, 0.05) is 11.4 Å². The van der Waals surface area contributed by atoms with E-state index in [4.69, 9.17) is 9.47 Å². The Hall–Kier alpha value is -3.08. The van der Waals surface area contributed by atoms with Crippen molar-refractivity contribution < 1.29 is 19.1 Å². The fraction of sp³-hybridized carbons (Fsp3) is 0.333. The molecule has 0 amide bonds. The molecule has 2 aromatic carbocycles. The molecule has 1 atom stereocenters. The Morgan fingerprint density at radius 1 is 0.966 bits per heavy atom. The summed E-state index contributed by atoms with van der Waals surface area (Å²) in [6.45, 7) is 9.31. The molecule has 1 aliphatic rings. The molecule has 1 heterocycles. The van der Waals surface area contributed by atoms with E-state index in [1.165, 1.54) is 0 Å². The highest BCUT2D eigenvalue weighted by Gasteiger charge is 2.38. The Morgan fingerprint density at radius 3 is 2.24 bits per heavy atom. The fourth-order valence-electron chi connectivity index (χ4n) is 3.83. The number of benzene rings is 2. The van der Waals surface area contributed by atoms with E-state index in [1.807, 2.05) is 70.2 Å². The number of hydrogen-bond donors (Lipinski definition) is 1. The Kier molecular flexibility index (Phi) is 6.06. The molecule has 1 N–H and O–H groups in total. The molecule has 0 spiro atoms. The van der Waals surface area contributed by atoms with E-state index in [-0.39, 0.29) is 12.7 Å². The highest BCUT2D eigenvalue weighted by molar-refractivity contribution is 6.02. The van der Waals surface area contributed by atoms with Crippen molar-refractivity contribution >= 4 is 22.7 Å². The number of carbonyl (C=O) groups excluding carboxylic acids is 2. The lowest BCUT2D eigenvalue weighted by molar-refractivity contribution is -0.143. The summed E-state index contributed by atoms with van der Waals surface area (Å²) >= 11 is 0. The number of hydrogen-bond acceptors (Lipinski definition) is 5. The van der Waals surface area contributed by atoms with Crippen LogP contribution in [0.4, 0.5) is 0 Å². The monoisotopic (exact) mass is 393 g/mol. The van der Waals surface area contributed by atoms with Crippen molar-refractivity contribution in [3.8, 4) is 0 Å². The molecule has 0 radical (unpaired) electrons. The number of fused-ring (bicyclic) bond motifs is 1. The molecule has 0 fully saturated rings. The molecule has 0 saturated carbocycles. The molecule has 1 unspecified atom stereocenters. The standard InChI is InChI=1S/C24H27NO4/c1-6-28-23(26)20-15(4)25-16(5)21(24(27)29-14(2)3)22(20)19-13-9-11-17-10-7-8-12-18(17)19/h7-14,22,25H,6H2,1-5H3. The van der Waals surface area contributed by atoms with Crippen molar-refractivity contribution in [2.24, 2.45) is 0 Å². The highest BCUT2D eigenvalue weighted by Crippen LogP contribution is 2.41. The second-order valence-electron chi connectivity index (χ2n) is 7.38. The van der Waals surface area contributed by atoms with Gasteiger partial charge in [0.15, 0.2) is 0 Å². The first-order valence-electron chi connectivity index (χ1n) is 9.89. The van der Waals surface area contributed by atoms with Crippen LogP contribution in [0.3, 0.4) is 0 Å². The summed E-state index contributed by atoms with van der Waals surface area (Å²) in [5.41, 5.74) is 3.11. The van der Waals surface area contributed by atoms with Crippen LogP contribution in [-0.4, -0.2) is 24.6 Å². The largest absolute Gasteiger partial charge is 0.463 e. The Balaban J connectivity index is 2.27. The quantitative estimate of drug-likeness (QED) is 0.753. The topological polar surface area (TPSA) is 64.6 Å². The maximum Gasteiger partial charge on any atom is 0.337 e. The van der Waals surface area contributed by atoms with Crippen molar-refractivity contribution in [1.82, 2.24) is 5.32 Å². The van der Waals surface area contributed by atoms with Crippen LogP contribution in [0.5, 0.6) is 0 Å². The first-order chi connectivity index (χ1) is 13.8. The summed E-state index contributed by atoms with van der Waals surface area (Å²) in [5.74, 6) is -1.44. The van der Waals surface area contributed by atoms with E-state index < -0.39 is 17.9 Å². The Morgan fingerprint density at radius 2 is 1.59 bits per heavy atom. The second kappa shape index (κ2) is 8.52. The van der Waals surface area contributed by atoms with Gasteiger partial charge in [-0.3, -0.25) is 0 Å². The number of nitrogens with one attached hydrogen (secondary N) is 1. The lowest BCUT2D eigenvalue weighted by Gasteiger charge is -2.31. The van der Waals surface area contributed by atoms with Crippen molar-refractivity contribution in [2.75, 3.05) is 6.61 Å². The van der Waals surface area contributed by atoms with Gasteiger partial charge in [-0.25, -0.2) is 9.59 Å². The fourth-order valence-corrected chi connectivity index (χ4v) is 3.83. The molecule has 3 rings (SSSR count). The number of dihydropyridines is 1. The molecule has 29 heavy (non-hydrogen) atoms. The summed E-state index contributed by atoms with van der Waals surface area (Å²) in [5, 5.41) is 5.20. The van der Waals surface area contributed by atoms with Gasteiger partial charge in [-0.2, -0.15) is 0 Å². The number of allylic oxidation sites excluding steroid dienone is 2. The molecule has 152 valence electrons. The SMILES string of the molecule is CCOC(=O)C1=C(C)NC(C)=C(C(=O)OC(C)C)C1c1cccc2ccccc12. The maximum absolute atomic E-state index is 13.1. The first kappa shape index (κ1) is 20.6. The predicted octanol–water partition coefficient (Wildman–Crippen LogP) is 4.59. The molecule has 5 nitrogen and oxygen atoms in total. The van der Waals surface area contributed by atoms with Crippen molar-refractivity contribution in [3.05, 3.63) is 70.6 Å². The Bertz CT molecular complexity index is 1010. The van der Waals surface area contributed by atoms with Gasteiger partial charge < -0.3 is 14.8 Å². The lowest BCUT2D eigenvalue weighted by atomic mass is 9.78. The number of rotatable bonds is 5. The summed E-state index contributed by atoms with van der Waals surface area (Å²) in [6, 6.07) is 13.9. The molecule has 2 aromatic rings. The van der Waals surface area contributed by atoms with Gasteiger partial charge in [-0.05, 0) is 51.0 Å². The van der Waals surface area contributed by atoms with Gasteiger partial charge in [-0.1, -0.05) is 42.5 Å². The van der Waals surface area contributed by atoms with Crippen molar-refractivity contribution in [1.29, 1.82) is 0 Å². The van der Waals surface area contributed by atoms with Crippen LogP contribution in [0.25, 0.3) is 10.8 Å². The summed E-state index contributed by atoms with van der Waals surface area (Å²) in [4.78, 5) is 26.0. The average Bonchev–Trinajstić information content (AvgIpc) is 2.66. The second-order valence-corrected chi connectivity index (χ2v) is 7.38. The van der Waals surface area contributed by atoms with E-state index in [0.717, 1.165) is 16.3 Å². The third-order valence-electron chi connectivity index (χ3n) is 4.95. The third-order valence-corrected chi connectivity index (χ3v) is 4.95. The van der Waals surface area contributed by atoms with Crippen molar-refractivity contribution in [3.63, 3.8) is 0 Å². The third kappa shape index (κ3) is 4.04. The molecular formula is C24H27NO4. The van der Waals surface area contributed by atoms with E-state index in [1.54, 1.807) is 6.92 Å². The minimum absolute atomic E-state index is 0.256. The van der Waals surface area contributed by atoms with Gasteiger partial charge in [-0.15, -0.1) is 0 Å². The molecule has 0 bridgehead atoms. The van der Waals surface area contributed by atoms with Crippen LogP contribution in [0, 0.1) is 0 Å². The van der Waals surface area contributed by atoms with Crippen molar-refractivity contribution in [2.45, 2.75) is 46.6 Å². The molecule has 0 saturated heterocycles. The average molecular weight is 393 g/mol. The summed E-state index contributed by atoms with van der Waals surface area (Å²) in [6.07, 6.45) is -0.269. The van der Waals surface area contributed by atoms with E-state index in [0.29, 0.717) is 22.5 Å². The minimum atomic E-state index is -0.576. The molecule has 0 aliphatic carbocycles. The number of ether oxygens (including phenoxy) is 2. The zero-order chi connectivity index (χ0) is 21.1.